The molecule has 0 spiro atoms. The van der Waals surface area contributed by atoms with E-state index in [1.54, 1.807) is 29.2 Å². The highest BCUT2D eigenvalue weighted by Gasteiger charge is 2.26. The second-order valence-electron chi connectivity index (χ2n) is 6.34. The van der Waals surface area contributed by atoms with E-state index in [0.717, 1.165) is 17.7 Å². The van der Waals surface area contributed by atoms with Crippen LogP contribution in [0.15, 0.2) is 54.6 Å². The van der Waals surface area contributed by atoms with Crippen LogP contribution in [0.1, 0.15) is 27.3 Å². The van der Waals surface area contributed by atoms with E-state index < -0.39 is 0 Å². The molecule has 6 heteroatoms. The van der Waals surface area contributed by atoms with E-state index in [9.17, 15) is 10.1 Å². The number of rotatable bonds is 3. The standard InChI is InChI=1S/C21H17N5O/c1-14-12-18(20(27)26-11-10-15-6-3-5-9-19(15)26)25-21(23-14)24-17-8-4-2-7-16(17)13-22/h2-9,12H,10-11H2,1H3,(H,23,24,25). The number of nitrogens with zero attached hydrogens (tertiary/aromatic N) is 4. The van der Waals surface area contributed by atoms with E-state index in [4.69, 9.17) is 0 Å². The first-order chi connectivity index (χ1) is 13.2. The van der Waals surface area contributed by atoms with Crippen LogP contribution in [0.4, 0.5) is 17.3 Å². The monoisotopic (exact) mass is 355 g/mol. The zero-order valence-electron chi connectivity index (χ0n) is 14.8. The molecule has 0 aliphatic carbocycles. The minimum atomic E-state index is -0.151. The van der Waals surface area contributed by atoms with Gasteiger partial charge in [-0.15, -0.1) is 0 Å². The van der Waals surface area contributed by atoms with Gasteiger partial charge in [0.1, 0.15) is 11.8 Å². The maximum Gasteiger partial charge on any atom is 0.277 e. The van der Waals surface area contributed by atoms with Gasteiger partial charge in [0.25, 0.3) is 5.91 Å². The molecule has 1 N–H and O–H groups in total. The fourth-order valence-corrected chi connectivity index (χ4v) is 3.23. The molecule has 1 aromatic heterocycles. The molecule has 3 aromatic rings. The quantitative estimate of drug-likeness (QED) is 0.776. The SMILES string of the molecule is Cc1cc(C(=O)N2CCc3ccccc32)nc(Nc2ccccc2C#N)n1. The fraction of sp³-hybridized carbons (Fsp3) is 0.143. The Morgan fingerprint density at radius 2 is 1.93 bits per heavy atom. The third-order valence-electron chi connectivity index (χ3n) is 4.50. The van der Waals surface area contributed by atoms with Gasteiger partial charge in [-0.2, -0.15) is 5.26 Å². The summed E-state index contributed by atoms with van der Waals surface area (Å²) in [6, 6.07) is 18.8. The number of aryl methyl sites for hydroxylation is 1. The minimum Gasteiger partial charge on any atom is -0.323 e. The Bertz CT molecular complexity index is 1070. The summed E-state index contributed by atoms with van der Waals surface area (Å²) in [4.78, 5) is 23.6. The largest absolute Gasteiger partial charge is 0.323 e. The predicted molar refractivity (Wildman–Crippen MR) is 103 cm³/mol. The van der Waals surface area contributed by atoms with Gasteiger partial charge < -0.3 is 10.2 Å². The molecule has 6 nitrogen and oxygen atoms in total. The summed E-state index contributed by atoms with van der Waals surface area (Å²) < 4.78 is 0. The third kappa shape index (κ3) is 3.23. The van der Waals surface area contributed by atoms with Gasteiger partial charge in [-0.25, -0.2) is 9.97 Å². The lowest BCUT2D eigenvalue weighted by atomic mass is 10.2. The number of benzene rings is 2. The van der Waals surface area contributed by atoms with E-state index in [0.29, 0.717) is 35.1 Å². The molecule has 27 heavy (non-hydrogen) atoms. The second kappa shape index (κ2) is 6.89. The van der Waals surface area contributed by atoms with Crippen LogP contribution in [0.25, 0.3) is 0 Å². The number of fused-ring (bicyclic) bond motifs is 1. The number of hydrogen-bond acceptors (Lipinski definition) is 5. The zero-order chi connectivity index (χ0) is 18.8. The van der Waals surface area contributed by atoms with E-state index in [1.807, 2.05) is 37.3 Å². The first-order valence-electron chi connectivity index (χ1n) is 8.67. The number of amides is 1. The molecule has 0 fully saturated rings. The average molecular weight is 355 g/mol. The average Bonchev–Trinajstić information content (AvgIpc) is 3.11. The highest BCUT2D eigenvalue weighted by atomic mass is 16.2. The first kappa shape index (κ1) is 16.7. The Hall–Kier alpha value is -3.72. The van der Waals surface area contributed by atoms with Gasteiger partial charge in [-0.1, -0.05) is 30.3 Å². The van der Waals surface area contributed by atoms with Crippen LogP contribution < -0.4 is 10.2 Å². The minimum absolute atomic E-state index is 0.151. The van der Waals surface area contributed by atoms with Crippen molar-refractivity contribution in [2.45, 2.75) is 13.3 Å². The lowest BCUT2D eigenvalue weighted by Gasteiger charge is -2.17. The third-order valence-corrected chi connectivity index (χ3v) is 4.50. The van der Waals surface area contributed by atoms with Crippen LogP contribution in [0.3, 0.4) is 0 Å². The van der Waals surface area contributed by atoms with Crippen LogP contribution in [-0.4, -0.2) is 22.4 Å². The Labute approximate surface area is 157 Å². The van der Waals surface area contributed by atoms with Crippen molar-refractivity contribution in [1.82, 2.24) is 9.97 Å². The molecule has 2 heterocycles. The molecule has 1 aliphatic rings. The second-order valence-corrected chi connectivity index (χ2v) is 6.34. The number of para-hydroxylation sites is 2. The molecule has 0 bridgehead atoms. The van der Waals surface area contributed by atoms with E-state index in [1.165, 1.54) is 0 Å². The van der Waals surface area contributed by atoms with Gasteiger partial charge in [0, 0.05) is 17.9 Å². The van der Waals surface area contributed by atoms with Crippen LogP contribution in [-0.2, 0) is 6.42 Å². The number of nitrogens with one attached hydrogen (secondary N) is 1. The maximum absolute atomic E-state index is 13.0. The molecule has 1 aliphatic heterocycles. The van der Waals surface area contributed by atoms with Crippen molar-refractivity contribution >= 4 is 23.2 Å². The Morgan fingerprint density at radius 3 is 2.78 bits per heavy atom. The normalized spacial score (nSPS) is 12.4. The van der Waals surface area contributed by atoms with Gasteiger partial charge in [0.2, 0.25) is 5.95 Å². The van der Waals surface area contributed by atoms with Crippen LogP contribution >= 0.6 is 0 Å². The molecular weight excluding hydrogens is 338 g/mol. The number of aromatic nitrogens is 2. The molecule has 0 radical (unpaired) electrons. The van der Waals surface area contributed by atoms with Crippen molar-refractivity contribution in [2.75, 3.05) is 16.8 Å². The van der Waals surface area contributed by atoms with Crippen molar-refractivity contribution < 1.29 is 4.79 Å². The number of anilines is 3. The van der Waals surface area contributed by atoms with E-state index in [2.05, 4.69) is 21.4 Å². The zero-order valence-corrected chi connectivity index (χ0v) is 14.8. The molecular formula is C21H17N5O. The van der Waals surface area contributed by atoms with Crippen molar-refractivity contribution in [2.24, 2.45) is 0 Å². The Balaban J connectivity index is 1.65. The Morgan fingerprint density at radius 1 is 1.15 bits per heavy atom. The maximum atomic E-state index is 13.0. The predicted octanol–water partition coefficient (Wildman–Crippen LogP) is 3.60. The number of carbonyl (C=O) groups is 1. The summed E-state index contributed by atoms with van der Waals surface area (Å²) in [5, 5.41) is 12.3. The van der Waals surface area contributed by atoms with Crippen LogP contribution in [0.5, 0.6) is 0 Å². The summed E-state index contributed by atoms with van der Waals surface area (Å²) in [6.07, 6.45) is 0.840. The van der Waals surface area contributed by atoms with Crippen LogP contribution in [0, 0.1) is 18.3 Å². The first-order valence-corrected chi connectivity index (χ1v) is 8.67. The van der Waals surface area contributed by atoms with Crippen molar-refractivity contribution in [3.63, 3.8) is 0 Å². The topological polar surface area (TPSA) is 81.9 Å². The van der Waals surface area contributed by atoms with Gasteiger partial charge in [-0.05, 0) is 43.2 Å². The van der Waals surface area contributed by atoms with Gasteiger partial charge >= 0.3 is 0 Å². The Kier molecular flexibility index (Phi) is 4.27. The summed E-state index contributed by atoms with van der Waals surface area (Å²) in [7, 11) is 0. The van der Waals surface area contributed by atoms with Gasteiger partial charge in [0.05, 0.1) is 11.3 Å². The van der Waals surface area contributed by atoms with Crippen molar-refractivity contribution in [1.29, 1.82) is 5.26 Å². The van der Waals surface area contributed by atoms with Crippen LogP contribution in [0.2, 0.25) is 0 Å². The lowest BCUT2D eigenvalue weighted by molar-refractivity contribution is 0.0984. The van der Waals surface area contributed by atoms with Crippen molar-refractivity contribution in [3.05, 3.63) is 77.1 Å². The smallest absolute Gasteiger partial charge is 0.277 e. The van der Waals surface area contributed by atoms with Gasteiger partial charge in [0.15, 0.2) is 0 Å². The molecule has 2 aromatic carbocycles. The highest BCUT2D eigenvalue weighted by molar-refractivity contribution is 6.06. The molecule has 0 atom stereocenters. The molecule has 0 saturated heterocycles. The van der Waals surface area contributed by atoms with E-state index >= 15 is 0 Å². The number of nitriles is 1. The van der Waals surface area contributed by atoms with E-state index in [-0.39, 0.29) is 5.91 Å². The highest BCUT2D eigenvalue weighted by Crippen LogP contribution is 2.29. The summed E-state index contributed by atoms with van der Waals surface area (Å²) in [5.41, 5.74) is 4.20. The van der Waals surface area contributed by atoms with Crippen molar-refractivity contribution in [3.8, 4) is 6.07 Å². The summed E-state index contributed by atoms with van der Waals surface area (Å²) >= 11 is 0. The molecule has 0 saturated carbocycles. The summed E-state index contributed by atoms with van der Waals surface area (Å²) in [6.45, 7) is 2.46. The fourth-order valence-electron chi connectivity index (χ4n) is 3.23. The lowest BCUT2D eigenvalue weighted by Crippen LogP contribution is -2.30. The number of hydrogen-bond donors (Lipinski definition) is 1. The van der Waals surface area contributed by atoms with Gasteiger partial charge in [-0.3, -0.25) is 4.79 Å². The molecule has 132 valence electrons. The molecule has 1 amide bonds. The molecule has 4 rings (SSSR count). The summed E-state index contributed by atoms with van der Waals surface area (Å²) in [5.74, 6) is 0.149. The number of carbonyl (C=O) groups excluding carboxylic acids is 1. The molecule has 0 unspecified atom stereocenters.